The normalized spacial score (nSPS) is 29.8. The van der Waals surface area contributed by atoms with Gasteiger partial charge >= 0.3 is 6.09 Å². The molecule has 2 aliphatic heterocycles. The second kappa shape index (κ2) is 3.83. The maximum Gasteiger partial charge on any atom is 0.410 e. The van der Waals surface area contributed by atoms with Gasteiger partial charge in [0.15, 0.2) is 0 Å². The largest absolute Gasteiger partial charge is 0.447 e. The summed E-state index contributed by atoms with van der Waals surface area (Å²) in [6, 6.07) is 0.199. The van der Waals surface area contributed by atoms with Crippen molar-refractivity contribution in [3.8, 4) is 0 Å². The molecule has 2 saturated heterocycles. The molecule has 0 aromatic heterocycles. The number of carbonyl (C=O) groups excluding carboxylic acids is 2. The molecule has 0 aromatic carbocycles. The summed E-state index contributed by atoms with van der Waals surface area (Å²) in [5.41, 5.74) is 0. The molecule has 0 aromatic rings. The summed E-state index contributed by atoms with van der Waals surface area (Å²) in [6.07, 6.45) is 2.60. The zero-order valence-electron chi connectivity index (χ0n) is 9.23. The minimum atomic E-state index is -0.245. The van der Waals surface area contributed by atoms with E-state index in [2.05, 4.69) is 0 Å². The van der Waals surface area contributed by atoms with E-state index in [-0.39, 0.29) is 30.1 Å². The lowest BCUT2D eigenvalue weighted by atomic mass is 10.0. The van der Waals surface area contributed by atoms with Gasteiger partial charge in [-0.25, -0.2) is 4.79 Å². The molecular formula is C11H17NO3. The number of Topliss-reactive ketones (excluding diaryl/α,β-unsaturated/α-hetero) is 1. The Morgan fingerprint density at radius 1 is 1.33 bits per heavy atom. The summed E-state index contributed by atoms with van der Waals surface area (Å²) in [4.78, 5) is 24.9. The van der Waals surface area contributed by atoms with E-state index in [1.807, 2.05) is 13.8 Å². The lowest BCUT2D eigenvalue weighted by Gasteiger charge is -2.33. The van der Waals surface area contributed by atoms with Crippen LogP contribution in [-0.2, 0) is 9.53 Å². The fraction of sp³-hybridized carbons (Fsp3) is 0.818. The molecule has 0 N–H and O–H groups in total. The van der Waals surface area contributed by atoms with Crippen molar-refractivity contribution in [3.05, 3.63) is 0 Å². The first-order valence-corrected chi connectivity index (χ1v) is 5.58. The number of amides is 1. The second-order valence-corrected chi connectivity index (χ2v) is 4.67. The average Bonchev–Trinajstić information content (AvgIpc) is 2.38. The smallest absolute Gasteiger partial charge is 0.410 e. The third-order valence-corrected chi connectivity index (χ3v) is 3.09. The van der Waals surface area contributed by atoms with Gasteiger partial charge in [0.05, 0.1) is 6.10 Å². The van der Waals surface area contributed by atoms with Gasteiger partial charge in [-0.15, -0.1) is 0 Å². The number of hydrogen-bond donors (Lipinski definition) is 0. The number of rotatable bonds is 1. The Labute approximate surface area is 89.6 Å². The van der Waals surface area contributed by atoms with E-state index in [4.69, 9.17) is 4.74 Å². The molecule has 15 heavy (non-hydrogen) atoms. The number of fused-ring (bicyclic) bond motifs is 2. The van der Waals surface area contributed by atoms with E-state index >= 15 is 0 Å². The lowest BCUT2D eigenvalue weighted by molar-refractivity contribution is -0.123. The molecule has 2 unspecified atom stereocenters. The van der Waals surface area contributed by atoms with Gasteiger partial charge in [-0.05, 0) is 26.7 Å². The molecule has 84 valence electrons. The molecule has 2 rings (SSSR count). The van der Waals surface area contributed by atoms with Crippen LogP contribution in [0, 0.1) is 0 Å². The van der Waals surface area contributed by atoms with Crippen LogP contribution in [0.5, 0.6) is 0 Å². The van der Waals surface area contributed by atoms with E-state index in [1.54, 1.807) is 4.90 Å². The van der Waals surface area contributed by atoms with Gasteiger partial charge in [-0.1, -0.05) is 0 Å². The predicted octanol–water partition coefficient (Wildman–Crippen LogP) is 1.73. The molecule has 0 radical (unpaired) electrons. The molecule has 0 spiro atoms. The first-order valence-electron chi connectivity index (χ1n) is 5.58. The van der Waals surface area contributed by atoms with Gasteiger partial charge in [0.2, 0.25) is 0 Å². The highest BCUT2D eigenvalue weighted by Gasteiger charge is 2.43. The molecule has 2 heterocycles. The minimum Gasteiger partial charge on any atom is -0.447 e. The van der Waals surface area contributed by atoms with Crippen molar-refractivity contribution in [1.29, 1.82) is 0 Å². The number of nitrogens with zero attached hydrogens (tertiary/aromatic N) is 1. The van der Waals surface area contributed by atoms with Crippen LogP contribution in [0.3, 0.4) is 0 Å². The van der Waals surface area contributed by atoms with E-state index in [0.29, 0.717) is 12.8 Å². The van der Waals surface area contributed by atoms with Crippen LogP contribution >= 0.6 is 0 Å². The number of hydrogen-bond acceptors (Lipinski definition) is 3. The molecular weight excluding hydrogens is 194 g/mol. The monoisotopic (exact) mass is 211 g/mol. The van der Waals surface area contributed by atoms with Crippen LogP contribution < -0.4 is 0 Å². The first-order chi connectivity index (χ1) is 7.08. The van der Waals surface area contributed by atoms with E-state index in [0.717, 1.165) is 12.8 Å². The average molecular weight is 211 g/mol. The fourth-order valence-corrected chi connectivity index (χ4v) is 2.53. The van der Waals surface area contributed by atoms with Crippen LogP contribution in [0.1, 0.15) is 39.5 Å². The number of ether oxygens (including phenoxy) is 1. The van der Waals surface area contributed by atoms with E-state index < -0.39 is 0 Å². The van der Waals surface area contributed by atoms with Gasteiger partial charge in [0.25, 0.3) is 0 Å². The van der Waals surface area contributed by atoms with Gasteiger partial charge in [-0.3, -0.25) is 4.79 Å². The highest BCUT2D eigenvalue weighted by molar-refractivity contribution is 5.83. The van der Waals surface area contributed by atoms with Crippen molar-refractivity contribution in [2.75, 3.05) is 0 Å². The van der Waals surface area contributed by atoms with Crippen LogP contribution in [0.25, 0.3) is 0 Å². The maximum atomic E-state index is 11.8. The highest BCUT2D eigenvalue weighted by Crippen LogP contribution is 2.34. The standard InChI is InChI=1S/C11H17NO3/c1-7(2)15-11(14)12-8-3-4-9(12)6-10(13)5-8/h7-9H,3-6H2,1-2H3. The predicted molar refractivity (Wildman–Crippen MR) is 54.5 cm³/mol. The summed E-state index contributed by atoms with van der Waals surface area (Å²) in [5, 5.41) is 0. The van der Waals surface area contributed by atoms with Crippen LogP contribution in [0.2, 0.25) is 0 Å². The SMILES string of the molecule is CC(C)OC(=O)N1C2CCC1CC(=O)C2. The molecule has 4 heteroatoms. The van der Waals surface area contributed by atoms with Crippen molar-refractivity contribution in [2.24, 2.45) is 0 Å². The number of piperidine rings is 1. The molecule has 0 aliphatic carbocycles. The highest BCUT2D eigenvalue weighted by atomic mass is 16.6. The summed E-state index contributed by atoms with van der Waals surface area (Å²) >= 11 is 0. The van der Waals surface area contributed by atoms with Crippen molar-refractivity contribution in [3.63, 3.8) is 0 Å². The summed E-state index contributed by atoms with van der Waals surface area (Å²) < 4.78 is 5.18. The summed E-state index contributed by atoms with van der Waals surface area (Å²) in [5.74, 6) is 0.288. The number of carbonyl (C=O) groups is 2. The Kier molecular flexibility index (Phi) is 2.67. The zero-order chi connectivity index (χ0) is 11.0. The van der Waals surface area contributed by atoms with Gasteiger partial charge in [-0.2, -0.15) is 0 Å². The van der Waals surface area contributed by atoms with Crippen molar-refractivity contribution < 1.29 is 14.3 Å². The summed E-state index contributed by atoms with van der Waals surface area (Å²) in [6.45, 7) is 3.68. The van der Waals surface area contributed by atoms with Crippen LogP contribution in [-0.4, -0.2) is 35.0 Å². The third-order valence-electron chi connectivity index (χ3n) is 3.09. The van der Waals surface area contributed by atoms with Crippen molar-refractivity contribution in [2.45, 2.75) is 57.7 Å². The Hall–Kier alpha value is -1.06. The fourth-order valence-electron chi connectivity index (χ4n) is 2.53. The molecule has 0 saturated carbocycles. The Bertz CT molecular complexity index is 272. The van der Waals surface area contributed by atoms with Gasteiger partial charge in [0.1, 0.15) is 5.78 Å². The molecule has 1 amide bonds. The van der Waals surface area contributed by atoms with Gasteiger partial charge < -0.3 is 9.64 Å². The Balaban J connectivity index is 2.04. The minimum absolute atomic E-state index is 0.0884. The second-order valence-electron chi connectivity index (χ2n) is 4.67. The molecule has 2 atom stereocenters. The van der Waals surface area contributed by atoms with Gasteiger partial charge in [0, 0.05) is 24.9 Å². The van der Waals surface area contributed by atoms with E-state index in [9.17, 15) is 9.59 Å². The Morgan fingerprint density at radius 3 is 2.33 bits per heavy atom. The molecule has 2 fully saturated rings. The zero-order valence-corrected chi connectivity index (χ0v) is 9.23. The maximum absolute atomic E-state index is 11.8. The Morgan fingerprint density at radius 2 is 1.87 bits per heavy atom. The third kappa shape index (κ3) is 1.98. The van der Waals surface area contributed by atoms with Crippen LogP contribution in [0.15, 0.2) is 0 Å². The topological polar surface area (TPSA) is 46.6 Å². The summed E-state index contributed by atoms with van der Waals surface area (Å²) in [7, 11) is 0. The quantitative estimate of drug-likeness (QED) is 0.663. The molecule has 4 nitrogen and oxygen atoms in total. The molecule has 2 bridgehead atoms. The number of ketones is 1. The molecule has 2 aliphatic rings. The first kappa shape index (κ1) is 10.5. The van der Waals surface area contributed by atoms with Crippen molar-refractivity contribution >= 4 is 11.9 Å². The lowest BCUT2D eigenvalue weighted by Crippen LogP contribution is -2.47. The van der Waals surface area contributed by atoms with Crippen molar-refractivity contribution in [1.82, 2.24) is 4.90 Å². The van der Waals surface area contributed by atoms with E-state index in [1.165, 1.54) is 0 Å². The van der Waals surface area contributed by atoms with Crippen LogP contribution in [0.4, 0.5) is 4.79 Å².